The normalized spacial score (nSPS) is 17.6. The van der Waals surface area contributed by atoms with Gasteiger partial charge in [0.1, 0.15) is 5.56 Å². The fraction of sp³-hybridized carbons (Fsp3) is 0.444. The minimum absolute atomic E-state index is 0.0929. The van der Waals surface area contributed by atoms with E-state index in [0.29, 0.717) is 18.7 Å². The topological polar surface area (TPSA) is 60.3 Å². The van der Waals surface area contributed by atoms with E-state index in [1.807, 2.05) is 0 Å². The van der Waals surface area contributed by atoms with Crippen LogP contribution in [0.4, 0.5) is 13.2 Å². The number of alkyl halides is 3. The van der Waals surface area contributed by atoms with Crippen LogP contribution < -0.4 is 10.7 Å². The van der Waals surface area contributed by atoms with Crippen molar-refractivity contribution in [3.63, 3.8) is 0 Å². The molecule has 0 bridgehead atoms. The molecule has 140 valence electrons. The summed E-state index contributed by atoms with van der Waals surface area (Å²) in [5.41, 5.74) is -1.43. The molecule has 1 aliphatic heterocycles. The van der Waals surface area contributed by atoms with Crippen molar-refractivity contribution in [2.24, 2.45) is 0 Å². The van der Waals surface area contributed by atoms with Gasteiger partial charge in [0.25, 0.3) is 5.91 Å². The number of carbonyl (C=O) groups is 1. The minimum atomic E-state index is -4.56. The number of nitrogens with zero attached hydrogens (tertiary/aromatic N) is 1. The SMILES string of the molecule is CCn1cc(C(=O)NCC2CCCO2)c(=O)c2cc(C(F)(F)F)ccc21. The Kier molecular flexibility index (Phi) is 5.04. The first-order valence-electron chi connectivity index (χ1n) is 8.45. The number of benzene rings is 1. The zero-order valence-electron chi connectivity index (χ0n) is 14.2. The van der Waals surface area contributed by atoms with Gasteiger partial charge in [-0.2, -0.15) is 13.2 Å². The fourth-order valence-corrected chi connectivity index (χ4v) is 3.10. The Bertz CT molecular complexity index is 884. The Balaban J connectivity index is 2.00. The lowest BCUT2D eigenvalue weighted by molar-refractivity contribution is -0.137. The Morgan fingerprint density at radius 3 is 2.77 bits per heavy atom. The summed E-state index contributed by atoms with van der Waals surface area (Å²) in [7, 11) is 0. The molecule has 26 heavy (non-hydrogen) atoms. The number of carbonyl (C=O) groups excluding carboxylic acids is 1. The van der Waals surface area contributed by atoms with Crippen LogP contribution in [0.25, 0.3) is 10.9 Å². The maximum atomic E-state index is 13.0. The highest BCUT2D eigenvalue weighted by Crippen LogP contribution is 2.30. The highest BCUT2D eigenvalue weighted by Gasteiger charge is 2.31. The number of aromatic nitrogens is 1. The Labute approximate surface area is 147 Å². The van der Waals surface area contributed by atoms with Crippen LogP contribution in [0, 0.1) is 0 Å². The van der Waals surface area contributed by atoms with Crippen LogP contribution in [0.15, 0.2) is 29.2 Å². The Hall–Kier alpha value is -2.35. The van der Waals surface area contributed by atoms with E-state index in [2.05, 4.69) is 5.32 Å². The van der Waals surface area contributed by atoms with Gasteiger partial charge in [0.05, 0.1) is 17.2 Å². The van der Waals surface area contributed by atoms with Crippen LogP contribution in [0.5, 0.6) is 0 Å². The number of aryl methyl sites for hydroxylation is 1. The van der Waals surface area contributed by atoms with Gasteiger partial charge in [0.2, 0.25) is 5.43 Å². The van der Waals surface area contributed by atoms with E-state index in [1.165, 1.54) is 12.3 Å². The van der Waals surface area contributed by atoms with E-state index in [1.54, 1.807) is 11.5 Å². The van der Waals surface area contributed by atoms with Gasteiger partial charge in [-0.25, -0.2) is 0 Å². The molecule has 8 heteroatoms. The molecule has 0 saturated carbocycles. The quantitative estimate of drug-likeness (QED) is 0.903. The molecule has 1 fully saturated rings. The van der Waals surface area contributed by atoms with Crippen molar-refractivity contribution >= 4 is 16.8 Å². The van der Waals surface area contributed by atoms with Gasteiger partial charge < -0.3 is 14.6 Å². The first kappa shape index (κ1) is 18.4. The van der Waals surface area contributed by atoms with Gasteiger partial charge in [-0.05, 0) is 38.0 Å². The molecule has 3 rings (SSSR count). The number of pyridine rings is 1. The van der Waals surface area contributed by atoms with E-state index in [4.69, 9.17) is 4.74 Å². The highest BCUT2D eigenvalue weighted by atomic mass is 19.4. The number of fused-ring (bicyclic) bond motifs is 1. The van der Waals surface area contributed by atoms with Gasteiger partial charge in [-0.3, -0.25) is 9.59 Å². The molecular weight excluding hydrogens is 349 g/mol. The third-order valence-electron chi connectivity index (χ3n) is 4.51. The molecule has 2 aromatic rings. The second kappa shape index (κ2) is 7.11. The summed E-state index contributed by atoms with van der Waals surface area (Å²) in [5.74, 6) is -0.605. The van der Waals surface area contributed by atoms with Crippen LogP contribution >= 0.6 is 0 Å². The van der Waals surface area contributed by atoms with Gasteiger partial charge in [0.15, 0.2) is 0 Å². The summed E-state index contributed by atoms with van der Waals surface area (Å²) in [6, 6.07) is 3.00. The van der Waals surface area contributed by atoms with Crippen LogP contribution in [0.3, 0.4) is 0 Å². The van der Waals surface area contributed by atoms with Crippen molar-refractivity contribution in [3.05, 3.63) is 45.7 Å². The average Bonchev–Trinajstić information content (AvgIpc) is 3.12. The smallest absolute Gasteiger partial charge is 0.376 e. The average molecular weight is 368 g/mol. The van der Waals surface area contributed by atoms with Gasteiger partial charge in [-0.1, -0.05) is 0 Å². The number of nitrogens with one attached hydrogen (secondary N) is 1. The number of halogens is 3. The van der Waals surface area contributed by atoms with E-state index in [0.717, 1.165) is 25.0 Å². The molecule has 1 N–H and O–H groups in total. The molecule has 1 atom stereocenters. The lowest BCUT2D eigenvalue weighted by Crippen LogP contribution is -2.35. The molecule has 1 saturated heterocycles. The number of ether oxygens (including phenoxy) is 1. The van der Waals surface area contributed by atoms with Gasteiger partial charge >= 0.3 is 6.18 Å². The number of hydrogen-bond donors (Lipinski definition) is 1. The predicted molar refractivity (Wildman–Crippen MR) is 90.2 cm³/mol. The lowest BCUT2D eigenvalue weighted by Gasteiger charge is -2.15. The molecule has 5 nitrogen and oxygen atoms in total. The molecule has 2 heterocycles. The van der Waals surface area contributed by atoms with Gasteiger partial charge in [-0.15, -0.1) is 0 Å². The predicted octanol–water partition coefficient (Wildman–Crippen LogP) is 2.95. The molecule has 0 radical (unpaired) electrons. The molecule has 1 aromatic carbocycles. The Morgan fingerprint density at radius 2 is 2.15 bits per heavy atom. The number of rotatable bonds is 4. The lowest BCUT2D eigenvalue weighted by atomic mass is 10.1. The van der Waals surface area contributed by atoms with E-state index >= 15 is 0 Å². The minimum Gasteiger partial charge on any atom is -0.376 e. The van der Waals surface area contributed by atoms with Crippen LogP contribution in [0.2, 0.25) is 0 Å². The monoisotopic (exact) mass is 368 g/mol. The third kappa shape index (κ3) is 3.60. The highest BCUT2D eigenvalue weighted by molar-refractivity contribution is 5.97. The number of hydrogen-bond acceptors (Lipinski definition) is 3. The standard InChI is InChI=1S/C18H19F3N2O3/c1-2-23-10-14(17(25)22-9-12-4-3-7-26-12)16(24)13-8-11(18(19,20)21)5-6-15(13)23/h5-6,8,10,12H,2-4,7,9H2,1H3,(H,22,25). The second-order valence-electron chi connectivity index (χ2n) is 6.23. The molecule has 1 unspecified atom stereocenters. The maximum absolute atomic E-state index is 13.0. The zero-order chi connectivity index (χ0) is 18.9. The molecule has 1 aliphatic rings. The zero-order valence-corrected chi connectivity index (χ0v) is 14.2. The van der Waals surface area contributed by atoms with Crippen molar-refractivity contribution in [1.82, 2.24) is 9.88 Å². The summed E-state index contributed by atoms with van der Waals surface area (Å²) in [6.07, 6.45) is -1.52. The summed E-state index contributed by atoms with van der Waals surface area (Å²) in [5, 5.41) is 2.52. The largest absolute Gasteiger partial charge is 0.416 e. The fourth-order valence-electron chi connectivity index (χ4n) is 3.10. The van der Waals surface area contributed by atoms with Crippen LogP contribution in [0.1, 0.15) is 35.7 Å². The van der Waals surface area contributed by atoms with E-state index < -0.39 is 23.1 Å². The van der Waals surface area contributed by atoms with E-state index in [9.17, 15) is 22.8 Å². The molecule has 0 aliphatic carbocycles. The van der Waals surface area contributed by atoms with Crippen molar-refractivity contribution in [3.8, 4) is 0 Å². The third-order valence-corrected chi connectivity index (χ3v) is 4.51. The molecule has 1 aromatic heterocycles. The van der Waals surface area contributed by atoms with Crippen molar-refractivity contribution in [2.45, 2.75) is 38.6 Å². The van der Waals surface area contributed by atoms with Crippen LogP contribution in [-0.4, -0.2) is 29.7 Å². The molecular formula is C18H19F3N2O3. The Morgan fingerprint density at radius 1 is 1.38 bits per heavy atom. The summed E-state index contributed by atoms with van der Waals surface area (Å²) in [4.78, 5) is 25.1. The van der Waals surface area contributed by atoms with Gasteiger partial charge in [0, 0.05) is 31.3 Å². The second-order valence-corrected chi connectivity index (χ2v) is 6.23. The summed E-state index contributed by atoms with van der Waals surface area (Å²) < 4.78 is 46.0. The number of amides is 1. The first-order valence-corrected chi connectivity index (χ1v) is 8.45. The van der Waals surface area contributed by atoms with Crippen molar-refractivity contribution in [2.75, 3.05) is 13.2 Å². The summed E-state index contributed by atoms with van der Waals surface area (Å²) >= 11 is 0. The van der Waals surface area contributed by atoms with Crippen molar-refractivity contribution < 1.29 is 22.7 Å². The summed E-state index contributed by atoms with van der Waals surface area (Å²) in [6.45, 7) is 3.11. The van der Waals surface area contributed by atoms with Crippen molar-refractivity contribution in [1.29, 1.82) is 0 Å². The molecule has 0 spiro atoms. The van der Waals surface area contributed by atoms with Crippen LogP contribution in [-0.2, 0) is 17.5 Å². The maximum Gasteiger partial charge on any atom is 0.416 e. The molecule has 1 amide bonds. The van der Waals surface area contributed by atoms with E-state index in [-0.39, 0.29) is 23.6 Å². The first-order chi connectivity index (χ1) is 12.3.